The summed E-state index contributed by atoms with van der Waals surface area (Å²) in [7, 11) is 0. The molecule has 7 heteroatoms. The molecule has 0 aliphatic carbocycles. The van der Waals surface area contributed by atoms with Crippen molar-refractivity contribution in [2.75, 3.05) is 26.3 Å². The molecule has 32 heavy (non-hydrogen) atoms. The number of benzene rings is 2. The summed E-state index contributed by atoms with van der Waals surface area (Å²) in [5, 5.41) is 10.2. The van der Waals surface area contributed by atoms with Gasteiger partial charge in [0.1, 0.15) is 24.7 Å². The van der Waals surface area contributed by atoms with Crippen molar-refractivity contribution in [3.63, 3.8) is 0 Å². The summed E-state index contributed by atoms with van der Waals surface area (Å²) in [6.45, 7) is 5.21. The van der Waals surface area contributed by atoms with Gasteiger partial charge in [0, 0.05) is 25.2 Å². The predicted molar refractivity (Wildman–Crippen MR) is 119 cm³/mol. The molecular formula is C25H28N2O5. The number of carbonyl (C=O) groups excluding carboxylic acids is 1. The molecule has 1 amide bonds. The normalized spacial score (nSPS) is 12.7. The first-order valence-electron chi connectivity index (χ1n) is 10.8. The molecule has 168 valence electrons. The van der Waals surface area contributed by atoms with Gasteiger partial charge in [-0.2, -0.15) is 0 Å². The summed E-state index contributed by atoms with van der Waals surface area (Å²) >= 11 is 0. The molecule has 3 aromatic rings. The number of rotatable bonds is 9. The highest BCUT2D eigenvalue weighted by atomic mass is 16.6. The third-order valence-electron chi connectivity index (χ3n) is 5.42. The van der Waals surface area contributed by atoms with Crippen LogP contribution in [0.4, 0.5) is 0 Å². The first-order valence-corrected chi connectivity index (χ1v) is 10.8. The van der Waals surface area contributed by atoms with E-state index in [0.717, 1.165) is 28.4 Å². The van der Waals surface area contributed by atoms with Gasteiger partial charge in [-0.3, -0.25) is 9.69 Å². The molecule has 0 saturated carbocycles. The van der Waals surface area contributed by atoms with Gasteiger partial charge in [-0.1, -0.05) is 24.3 Å². The van der Waals surface area contributed by atoms with Crippen molar-refractivity contribution >= 4 is 5.91 Å². The van der Waals surface area contributed by atoms with Gasteiger partial charge in [0.15, 0.2) is 11.5 Å². The molecule has 1 aliphatic rings. The van der Waals surface area contributed by atoms with Crippen LogP contribution in [-0.2, 0) is 24.4 Å². The number of likely N-dealkylation sites (N-methyl/N-ethyl adjacent to an activating group) is 1. The maximum Gasteiger partial charge on any atom is 0.237 e. The highest BCUT2D eigenvalue weighted by Gasteiger charge is 2.20. The molecule has 0 fully saturated rings. The number of amides is 1. The highest BCUT2D eigenvalue weighted by Crippen LogP contribution is 2.31. The molecule has 7 nitrogen and oxygen atoms in total. The summed E-state index contributed by atoms with van der Waals surface area (Å²) in [4.78, 5) is 17.0. The Kier molecular flexibility index (Phi) is 6.97. The van der Waals surface area contributed by atoms with Crippen LogP contribution in [0.3, 0.4) is 0 Å². The lowest BCUT2D eigenvalue weighted by Crippen LogP contribution is -2.39. The van der Waals surface area contributed by atoms with Crippen molar-refractivity contribution in [3.05, 3.63) is 77.7 Å². The van der Waals surface area contributed by atoms with Gasteiger partial charge < -0.3 is 23.9 Å². The predicted octanol–water partition coefficient (Wildman–Crippen LogP) is 3.81. The Balaban J connectivity index is 1.46. The van der Waals surface area contributed by atoms with Gasteiger partial charge >= 0.3 is 0 Å². The molecule has 1 aliphatic heterocycles. The van der Waals surface area contributed by atoms with Crippen LogP contribution in [0.2, 0.25) is 0 Å². The molecule has 1 aromatic heterocycles. The van der Waals surface area contributed by atoms with E-state index in [-0.39, 0.29) is 18.2 Å². The minimum atomic E-state index is 0.00404. The number of hydrogen-bond donors (Lipinski definition) is 1. The van der Waals surface area contributed by atoms with Gasteiger partial charge in [-0.05, 0) is 42.8 Å². The number of para-hydroxylation sites is 1. The molecule has 2 heterocycles. The van der Waals surface area contributed by atoms with E-state index in [0.29, 0.717) is 39.4 Å². The summed E-state index contributed by atoms with van der Waals surface area (Å²) in [6, 6.07) is 16.7. The summed E-state index contributed by atoms with van der Waals surface area (Å²) in [6.07, 6.45) is 1.62. The zero-order valence-electron chi connectivity index (χ0n) is 18.2. The van der Waals surface area contributed by atoms with E-state index in [1.807, 2.05) is 59.2 Å². The monoisotopic (exact) mass is 436 g/mol. The van der Waals surface area contributed by atoms with E-state index >= 15 is 0 Å². The Bertz CT molecular complexity index is 1030. The molecule has 0 saturated heterocycles. The molecule has 0 unspecified atom stereocenters. The van der Waals surface area contributed by atoms with Crippen molar-refractivity contribution in [3.8, 4) is 17.2 Å². The SMILES string of the molecule is CCN(Cc1ccc2c(c1)OCCO2)C(=O)CN(Cc1ccco1)Cc1ccccc1O. The van der Waals surface area contributed by atoms with E-state index in [2.05, 4.69) is 0 Å². The molecule has 0 bridgehead atoms. The third-order valence-corrected chi connectivity index (χ3v) is 5.42. The fourth-order valence-electron chi connectivity index (χ4n) is 3.75. The number of phenols is 1. The van der Waals surface area contributed by atoms with Crippen molar-refractivity contribution in [2.24, 2.45) is 0 Å². The average molecular weight is 437 g/mol. The highest BCUT2D eigenvalue weighted by molar-refractivity contribution is 5.78. The van der Waals surface area contributed by atoms with Gasteiger partial charge in [-0.15, -0.1) is 0 Å². The zero-order valence-corrected chi connectivity index (χ0v) is 18.2. The fraction of sp³-hybridized carbons (Fsp3) is 0.320. The molecule has 0 radical (unpaired) electrons. The van der Waals surface area contributed by atoms with E-state index in [1.54, 1.807) is 18.4 Å². The minimum absolute atomic E-state index is 0.00404. The number of hydrogen-bond acceptors (Lipinski definition) is 6. The number of nitrogens with zero attached hydrogens (tertiary/aromatic N) is 2. The number of phenolic OH excluding ortho intramolecular Hbond substituents is 1. The summed E-state index contributed by atoms with van der Waals surface area (Å²) < 4.78 is 16.7. The Hall–Kier alpha value is -3.45. The number of fused-ring (bicyclic) bond motifs is 1. The third kappa shape index (κ3) is 5.42. The van der Waals surface area contributed by atoms with Crippen LogP contribution in [0, 0.1) is 0 Å². The molecule has 0 spiro atoms. The molecule has 2 aromatic carbocycles. The second-order valence-corrected chi connectivity index (χ2v) is 7.74. The van der Waals surface area contributed by atoms with Crippen LogP contribution >= 0.6 is 0 Å². The zero-order chi connectivity index (χ0) is 22.3. The number of aromatic hydroxyl groups is 1. The topological polar surface area (TPSA) is 75.4 Å². The van der Waals surface area contributed by atoms with Crippen molar-refractivity contribution < 1.29 is 23.8 Å². The molecule has 1 N–H and O–H groups in total. The molecule has 4 rings (SSSR count). The Labute approximate surface area is 187 Å². The molecular weight excluding hydrogens is 408 g/mol. The lowest BCUT2D eigenvalue weighted by molar-refractivity contribution is -0.133. The smallest absolute Gasteiger partial charge is 0.237 e. The minimum Gasteiger partial charge on any atom is -0.508 e. The van der Waals surface area contributed by atoms with Crippen LogP contribution in [0.5, 0.6) is 17.2 Å². The van der Waals surface area contributed by atoms with Crippen molar-refractivity contribution in [1.82, 2.24) is 9.80 Å². The standard InChI is InChI=1S/C25H28N2O5/c1-2-27(15-19-9-10-23-24(14-19)32-13-12-31-23)25(29)18-26(17-21-7-5-11-30-21)16-20-6-3-4-8-22(20)28/h3-11,14,28H,2,12-13,15-18H2,1H3. The lowest BCUT2D eigenvalue weighted by atomic mass is 10.1. The number of furan rings is 1. The second kappa shape index (κ2) is 10.2. The van der Waals surface area contributed by atoms with Crippen molar-refractivity contribution in [1.29, 1.82) is 0 Å². The van der Waals surface area contributed by atoms with E-state index < -0.39 is 0 Å². The van der Waals surface area contributed by atoms with E-state index in [1.165, 1.54) is 0 Å². The quantitative estimate of drug-likeness (QED) is 0.550. The van der Waals surface area contributed by atoms with Gasteiger partial charge in [0.05, 0.1) is 19.4 Å². The number of ether oxygens (including phenoxy) is 2. The largest absolute Gasteiger partial charge is 0.508 e. The van der Waals surface area contributed by atoms with Gasteiger partial charge in [0.25, 0.3) is 0 Å². The van der Waals surface area contributed by atoms with Crippen molar-refractivity contribution in [2.45, 2.75) is 26.6 Å². The Morgan fingerprint density at radius 3 is 2.53 bits per heavy atom. The van der Waals surface area contributed by atoms with Crippen LogP contribution in [0.25, 0.3) is 0 Å². The van der Waals surface area contributed by atoms with Crippen LogP contribution in [0.15, 0.2) is 65.3 Å². The average Bonchev–Trinajstić information content (AvgIpc) is 3.31. The van der Waals surface area contributed by atoms with Crippen LogP contribution < -0.4 is 9.47 Å². The summed E-state index contributed by atoms with van der Waals surface area (Å²) in [5.74, 6) is 2.44. The summed E-state index contributed by atoms with van der Waals surface area (Å²) in [5.41, 5.74) is 1.75. The Morgan fingerprint density at radius 2 is 1.78 bits per heavy atom. The molecule has 0 atom stereocenters. The van der Waals surface area contributed by atoms with E-state index in [9.17, 15) is 9.90 Å². The van der Waals surface area contributed by atoms with E-state index in [4.69, 9.17) is 13.9 Å². The Morgan fingerprint density at radius 1 is 0.969 bits per heavy atom. The first kappa shape index (κ1) is 21.8. The van der Waals surface area contributed by atoms with Gasteiger partial charge in [0.2, 0.25) is 5.91 Å². The second-order valence-electron chi connectivity index (χ2n) is 7.74. The van der Waals surface area contributed by atoms with Crippen LogP contribution in [-0.4, -0.2) is 47.1 Å². The lowest BCUT2D eigenvalue weighted by Gasteiger charge is -2.27. The first-order chi connectivity index (χ1) is 15.6. The maximum atomic E-state index is 13.2. The van der Waals surface area contributed by atoms with Gasteiger partial charge in [-0.25, -0.2) is 0 Å². The maximum absolute atomic E-state index is 13.2. The number of carbonyl (C=O) groups is 1. The van der Waals surface area contributed by atoms with Crippen LogP contribution in [0.1, 0.15) is 23.8 Å². The fourth-order valence-corrected chi connectivity index (χ4v) is 3.75.